The first-order valence-corrected chi connectivity index (χ1v) is 6.04. The minimum Gasteiger partial charge on any atom is -0.351 e. The molecule has 1 fully saturated rings. The molecule has 0 bridgehead atoms. The molecule has 6 nitrogen and oxygen atoms in total. The largest absolute Gasteiger partial charge is 0.351 e. The Bertz CT molecular complexity index is 364. The maximum atomic E-state index is 12.0. The number of carbonyl (C=O) groups excluding carboxylic acids is 1. The molecular weight excluding hydrogens is 218 g/mol. The van der Waals surface area contributed by atoms with Crippen molar-refractivity contribution in [1.29, 1.82) is 0 Å². The lowest BCUT2D eigenvalue weighted by atomic mass is 10.0. The van der Waals surface area contributed by atoms with Crippen molar-refractivity contribution >= 4 is 5.91 Å². The summed E-state index contributed by atoms with van der Waals surface area (Å²) in [5.41, 5.74) is 0. The second-order valence-electron chi connectivity index (χ2n) is 4.64. The van der Waals surface area contributed by atoms with Crippen LogP contribution in [0.2, 0.25) is 0 Å². The summed E-state index contributed by atoms with van der Waals surface area (Å²) in [7, 11) is 0. The van der Waals surface area contributed by atoms with Crippen LogP contribution < -0.4 is 10.6 Å². The van der Waals surface area contributed by atoms with E-state index in [1.54, 1.807) is 11.0 Å². The molecule has 3 unspecified atom stereocenters. The van der Waals surface area contributed by atoms with E-state index in [0.717, 1.165) is 19.4 Å². The van der Waals surface area contributed by atoms with Gasteiger partial charge in [-0.2, -0.15) is 5.10 Å². The molecule has 1 saturated heterocycles. The predicted molar refractivity (Wildman–Crippen MR) is 63.4 cm³/mol. The van der Waals surface area contributed by atoms with Crippen LogP contribution in [-0.2, 0) is 4.79 Å². The third kappa shape index (κ3) is 3.03. The Morgan fingerprint density at radius 2 is 2.47 bits per heavy atom. The Labute approximate surface area is 101 Å². The fourth-order valence-corrected chi connectivity index (χ4v) is 2.12. The molecule has 1 aliphatic heterocycles. The molecule has 2 N–H and O–H groups in total. The van der Waals surface area contributed by atoms with E-state index in [1.807, 2.05) is 6.92 Å². The zero-order valence-corrected chi connectivity index (χ0v) is 10.3. The summed E-state index contributed by atoms with van der Waals surface area (Å²) in [6.45, 7) is 4.93. The van der Waals surface area contributed by atoms with Crippen LogP contribution in [0.3, 0.4) is 0 Å². The molecule has 3 atom stereocenters. The van der Waals surface area contributed by atoms with Gasteiger partial charge in [0, 0.05) is 12.1 Å². The predicted octanol–water partition coefficient (Wildman–Crippen LogP) is 0.0958. The Morgan fingerprint density at radius 3 is 3.12 bits per heavy atom. The lowest BCUT2D eigenvalue weighted by Crippen LogP contribution is -2.48. The van der Waals surface area contributed by atoms with Gasteiger partial charge in [-0.3, -0.25) is 4.79 Å². The molecule has 0 aromatic carbocycles. The van der Waals surface area contributed by atoms with Crippen LogP contribution in [0.4, 0.5) is 0 Å². The monoisotopic (exact) mass is 237 g/mol. The van der Waals surface area contributed by atoms with Gasteiger partial charge in [0.05, 0.1) is 0 Å². The van der Waals surface area contributed by atoms with Crippen LogP contribution in [0.5, 0.6) is 0 Å². The van der Waals surface area contributed by atoms with Gasteiger partial charge in [-0.15, -0.1) is 0 Å². The van der Waals surface area contributed by atoms with E-state index in [9.17, 15) is 4.79 Å². The topological polar surface area (TPSA) is 71.8 Å². The third-order valence-electron chi connectivity index (χ3n) is 3.18. The number of nitrogens with one attached hydrogen (secondary N) is 2. The second-order valence-corrected chi connectivity index (χ2v) is 4.64. The molecule has 1 aromatic rings. The van der Waals surface area contributed by atoms with Crippen molar-refractivity contribution in [3.63, 3.8) is 0 Å². The van der Waals surface area contributed by atoms with Crippen molar-refractivity contribution in [3.8, 4) is 0 Å². The lowest BCUT2D eigenvalue weighted by Gasteiger charge is -2.29. The number of carbonyl (C=O) groups is 1. The molecular formula is C11H19N5O. The lowest BCUT2D eigenvalue weighted by molar-refractivity contribution is -0.125. The molecule has 1 aromatic heterocycles. The minimum absolute atomic E-state index is 0.00889. The van der Waals surface area contributed by atoms with E-state index < -0.39 is 0 Å². The van der Waals surface area contributed by atoms with Crippen LogP contribution in [0, 0.1) is 0 Å². The second kappa shape index (κ2) is 5.27. The van der Waals surface area contributed by atoms with Crippen molar-refractivity contribution in [1.82, 2.24) is 25.4 Å². The van der Waals surface area contributed by atoms with E-state index in [0.29, 0.717) is 6.04 Å². The van der Waals surface area contributed by atoms with E-state index >= 15 is 0 Å². The average Bonchev–Trinajstić information content (AvgIpc) is 2.81. The number of hydrogen-bond acceptors (Lipinski definition) is 4. The summed E-state index contributed by atoms with van der Waals surface area (Å²) in [5.74, 6) is 0.00889. The molecule has 1 aliphatic rings. The first-order valence-electron chi connectivity index (χ1n) is 6.04. The quantitative estimate of drug-likeness (QED) is 0.782. The molecule has 6 heteroatoms. The van der Waals surface area contributed by atoms with E-state index in [-0.39, 0.29) is 18.0 Å². The minimum atomic E-state index is -0.303. The maximum Gasteiger partial charge on any atom is 0.244 e. The van der Waals surface area contributed by atoms with Gasteiger partial charge in [0.1, 0.15) is 18.7 Å². The zero-order chi connectivity index (χ0) is 12.3. The fourth-order valence-electron chi connectivity index (χ4n) is 2.12. The first kappa shape index (κ1) is 12.0. The van der Waals surface area contributed by atoms with Crippen molar-refractivity contribution in [3.05, 3.63) is 12.7 Å². The fraction of sp³-hybridized carbons (Fsp3) is 0.727. The number of nitrogens with zero attached hydrogens (tertiary/aromatic N) is 3. The van der Waals surface area contributed by atoms with Gasteiger partial charge in [-0.1, -0.05) is 0 Å². The Morgan fingerprint density at radius 1 is 1.65 bits per heavy atom. The summed E-state index contributed by atoms with van der Waals surface area (Å²) in [5, 5.41) is 10.4. The van der Waals surface area contributed by atoms with Crippen LogP contribution in [-0.4, -0.2) is 39.3 Å². The van der Waals surface area contributed by atoms with Gasteiger partial charge in [0.15, 0.2) is 0 Å². The van der Waals surface area contributed by atoms with Gasteiger partial charge < -0.3 is 10.6 Å². The standard InChI is InChI=1S/C11H19N5O/c1-8-5-10(3-4-13-8)15-11(17)9(2)16-7-12-6-14-16/h6-10,13H,3-5H2,1-2H3,(H,15,17). The molecule has 17 heavy (non-hydrogen) atoms. The number of rotatable bonds is 3. The van der Waals surface area contributed by atoms with Crippen molar-refractivity contribution in [2.24, 2.45) is 0 Å². The smallest absolute Gasteiger partial charge is 0.244 e. The van der Waals surface area contributed by atoms with Crippen molar-refractivity contribution in [2.75, 3.05) is 6.54 Å². The number of amides is 1. The molecule has 0 saturated carbocycles. The van der Waals surface area contributed by atoms with E-state index in [1.165, 1.54) is 6.33 Å². The highest BCUT2D eigenvalue weighted by atomic mass is 16.2. The average molecular weight is 237 g/mol. The van der Waals surface area contributed by atoms with Crippen LogP contribution >= 0.6 is 0 Å². The number of piperidine rings is 1. The maximum absolute atomic E-state index is 12.0. The highest BCUT2D eigenvalue weighted by Crippen LogP contribution is 2.10. The van der Waals surface area contributed by atoms with E-state index in [4.69, 9.17) is 0 Å². The Balaban J connectivity index is 1.88. The molecule has 1 amide bonds. The molecule has 0 radical (unpaired) electrons. The van der Waals surface area contributed by atoms with Crippen molar-refractivity contribution < 1.29 is 4.79 Å². The number of aromatic nitrogens is 3. The van der Waals surface area contributed by atoms with Crippen molar-refractivity contribution in [2.45, 2.75) is 44.8 Å². The highest BCUT2D eigenvalue weighted by molar-refractivity contribution is 5.80. The van der Waals surface area contributed by atoms with Gasteiger partial charge in [0.25, 0.3) is 0 Å². The Kier molecular flexibility index (Phi) is 3.73. The van der Waals surface area contributed by atoms with Crippen LogP contribution in [0.15, 0.2) is 12.7 Å². The summed E-state index contributed by atoms with van der Waals surface area (Å²) in [6, 6.07) is 0.433. The molecule has 0 aliphatic carbocycles. The first-order chi connectivity index (χ1) is 8.16. The van der Waals surface area contributed by atoms with Crippen LogP contribution in [0.1, 0.15) is 32.7 Å². The highest BCUT2D eigenvalue weighted by Gasteiger charge is 2.23. The zero-order valence-electron chi connectivity index (χ0n) is 10.3. The van der Waals surface area contributed by atoms with Gasteiger partial charge >= 0.3 is 0 Å². The van der Waals surface area contributed by atoms with Gasteiger partial charge in [-0.05, 0) is 33.2 Å². The normalized spacial score (nSPS) is 26.5. The molecule has 2 heterocycles. The van der Waals surface area contributed by atoms with E-state index in [2.05, 4.69) is 27.6 Å². The SMILES string of the molecule is CC1CC(NC(=O)C(C)n2cncn2)CCN1. The summed E-state index contributed by atoms with van der Waals surface area (Å²) in [4.78, 5) is 15.8. The molecule has 2 rings (SSSR count). The van der Waals surface area contributed by atoms with Gasteiger partial charge in [0.2, 0.25) is 5.91 Å². The summed E-state index contributed by atoms with van der Waals surface area (Å²) in [6.07, 6.45) is 4.97. The molecule has 94 valence electrons. The van der Waals surface area contributed by atoms with Crippen LogP contribution in [0.25, 0.3) is 0 Å². The third-order valence-corrected chi connectivity index (χ3v) is 3.18. The van der Waals surface area contributed by atoms with Gasteiger partial charge in [-0.25, -0.2) is 9.67 Å². The molecule has 0 spiro atoms. The Hall–Kier alpha value is -1.43. The summed E-state index contributed by atoms with van der Waals surface area (Å²) >= 11 is 0. The summed E-state index contributed by atoms with van der Waals surface area (Å²) < 4.78 is 1.57. The number of hydrogen-bond donors (Lipinski definition) is 2.